The quantitative estimate of drug-likeness (QED) is 0.0464. The number of Topliss-reactive ketones (excluding diaryl/α,β-unsaturated/α-hetero) is 1. The second-order valence-electron chi connectivity index (χ2n) is 10.9. The number of carbonyl (C=O) groups excluding carboxylic acids is 6. The van der Waals surface area contributed by atoms with E-state index in [4.69, 9.17) is 37.4 Å². The second-order valence-corrected chi connectivity index (χ2v) is 13.3. The van der Waals surface area contributed by atoms with Gasteiger partial charge < -0.3 is 34.9 Å². The lowest BCUT2D eigenvalue weighted by Gasteiger charge is -2.50. The number of ether oxygens (including phenoxy) is 3. The third kappa shape index (κ3) is 7.84. The molecule has 266 valence electrons. The third-order valence-corrected chi connectivity index (χ3v) is 9.51. The number of aromatic nitrogens is 2. The first kappa shape index (κ1) is 36.9. The van der Waals surface area contributed by atoms with Gasteiger partial charge in [-0.15, -0.1) is 11.8 Å². The third-order valence-electron chi connectivity index (χ3n) is 7.62. The maximum atomic E-state index is 13.9. The standard InChI is InChI=1S/C32H27Cl2N5O11S/c1-15(41)50-32(33,34)20-13-51-29-23(28(44)39(29)24(20)30(45)46)38-27(43)22(17-4-3-5-18(10-17)36-14-40)25(42)26-35-11-21(37-26)31(47)49-12-16-6-8-19(48-2)9-7-16/h3-11,14,22-23,29H,12-13H2,1-2H3,(H,35,37)(H,36,40)(H,38,43)(H,45,46)/t22?,23-,29+/m1/s1. The molecule has 4 N–H and O–H groups in total. The van der Waals surface area contributed by atoms with Crippen LogP contribution in [0.1, 0.15) is 45.1 Å². The number of carboxylic acids is 1. The number of esters is 2. The summed E-state index contributed by atoms with van der Waals surface area (Å²) in [6.45, 7) is 0.917. The topological polar surface area (TPSA) is 223 Å². The van der Waals surface area contributed by atoms with Gasteiger partial charge >= 0.3 is 17.9 Å². The minimum absolute atomic E-state index is 0.0909. The zero-order chi connectivity index (χ0) is 37.0. The molecule has 5 rings (SSSR count). The number of benzene rings is 2. The maximum Gasteiger partial charge on any atom is 0.356 e. The molecule has 0 saturated carbocycles. The molecule has 3 heterocycles. The van der Waals surface area contributed by atoms with Gasteiger partial charge in [0.15, 0.2) is 5.82 Å². The number of imidazole rings is 1. The Morgan fingerprint density at radius 3 is 2.55 bits per heavy atom. The Kier molecular flexibility index (Phi) is 11.0. The summed E-state index contributed by atoms with van der Waals surface area (Å²) in [6.07, 6.45) is 1.46. The highest BCUT2D eigenvalue weighted by molar-refractivity contribution is 8.00. The molecule has 0 spiro atoms. The minimum Gasteiger partial charge on any atom is -0.497 e. The van der Waals surface area contributed by atoms with E-state index in [-0.39, 0.29) is 40.7 Å². The number of nitrogens with one attached hydrogen (secondary N) is 3. The number of methoxy groups -OCH3 is 1. The van der Waals surface area contributed by atoms with Crippen molar-refractivity contribution >= 4 is 82.6 Å². The molecular weight excluding hydrogens is 733 g/mol. The molecule has 3 atom stereocenters. The summed E-state index contributed by atoms with van der Waals surface area (Å²) in [5.41, 5.74) is -0.0752. The van der Waals surface area contributed by atoms with Gasteiger partial charge in [0.05, 0.1) is 13.3 Å². The Morgan fingerprint density at radius 2 is 1.90 bits per heavy atom. The second kappa shape index (κ2) is 15.2. The van der Waals surface area contributed by atoms with Gasteiger partial charge in [0, 0.05) is 23.9 Å². The molecule has 3 amide bonds. The number of halogens is 2. The van der Waals surface area contributed by atoms with Gasteiger partial charge in [0.2, 0.25) is 18.1 Å². The first-order chi connectivity index (χ1) is 24.2. The van der Waals surface area contributed by atoms with Gasteiger partial charge in [-0.05, 0) is 35.4 Å². The van der Waals surface area contributed by atoms with Crippen molar-refractivity contribution in [2.45, 2.75) is 35.4 Å². The summed E-state index contributed by atoms with van der Waals surface area (Å²) >= 11 is 13.3. The molecule has 1 unspecified atom stereocenters. The number of alkyl halides is 2. The molecule has 16 nitrogen and oxygen atoms in total. The maximum absolute atomic E-state index is 13.9. The van der Waals surface area contributed by atoms with E-state index < -0.39 is 63.1 Å². The van der Waals surface area contributed by atoms with E-state index in [0.717, 1.165) is 29.8 Å². The summed E-state index contributed by atoms with van der Waals surface area (Å²) in [7, 11) is 1.52. The molecule has 3 aromatic rings. The van der Waals surface area contributed by atoms with Crippen molar-refractivity contribution in [2.75, 3.05) is 18.2 Å². The summed E-state index contributed by atoms with van der Waals surface area (Å²) in [5, 5.41) is 13.9. The number of fused-ring (bicyclic) bond motifs is 1. The number of anilines is 1. The summed E-state index contributed by atoms with van der Waals surface area (Å²) < 4.78 is 12.9. The number of aromatic amines is 1. The number of ketones is 1. The zero-order valence-corrected chi connectivity index (χ0v) is 28.8. The highest BCUT2D eigenvalue weighted by Gasteiger charge is 2.57. The van der Waals surface area contributed by atoms with E-state index in [0.29, 0.717) is 17.7 Å². The molecule has 0 aliphatic carbocycles. The zero-order valence-electron chi connectivity index (χ0n) is 26.5. The monoisotopic (exact) mass is 759 g/mol. The van der Waals surface area contributed by atoms with Gasteiger partial charge in [-0.3, -0.25) is 28.9 Å². The molecule has 1 fully saturated rings. The first-order valence-electron chi connectivity index (χ1n) is 14.7. The van der Waals surface area contributed by atoms with Crippen LogP contribution in [0.5, 0.6) is 5.75 Å². The molecule has 2 aliphatic rings. The number of rotatable bonds is 14. The van der Waals surface area contributed by atoms with Crippen molar-refractivity contribution < 1.29 is 52.9 Å². The number of carboxylic acid groups (broad SMARTS) is 1. The Bertz CT molecular complexity index is 1950. The van der Waals surface area contributed by atoms with Crippen LogP contribution in [-0.4, -0.2) is 90.7 Å². The molecule has 2 aliphatic heterocycles. The molecule has 1 saturated heterocycles. The predicted octanol–water partition coefficient (Wildman–Crippen LogP) is 2.74. The predicted molar refractivity (Wildman–Crippen MR) is 180 cm³/mol. The first-order valence-corrected chi connectivity index (χ1v) is 16.5. The Hall–Kier alpha value is -5.39. The SMILES string of the molecule is COc1ccc(COC(=O)c2cnc(C(=O)C(C(=O)N[C@@H]3C(=O)N4C(C(=O)O)=C(C(Cl)(Cl)OC(C)=O)CS[C@@H]34)c3cccc(NC=O)c3)[nH]2)cc1. The number of nitrogens with zero attached hydrogens (tertiary/aromatic N) is 2. The van der Waals surface area contributed by atoms with Crippen molar-refractivity contribution in [1.29, 1.82) is 0 Å². The molecule has 0 bridgehead atoms. The smallest absolute Gasteiger partial charge is 0.356 e. The minimum atomic E-state index is -2.39. The number of β-lactam (4-membered cyclic amide) rings is 1. The highest BCUT2D eigenvalue weighted by atomic mass is 35.5. The van der Waals surface area contributed by atoms with E-state index >= 15 is 0 Å². The van der Waals surface area contributed by atoms with Crippen molar-refractivity contribution in [1.82, 2.24) is 20.2 Å². The van der Waals surface area contributed by atoms with Crippen LogP contribution in [0.2, 0.25) is 0 Å². The largest absolute Gasteiger partial charge is 0.497 e. The molecule has 19 heteroatoms. The number of thioether (sulfide) groups is 1. The van der Waals surface area contributed by atoms with Gasteiger partial charge in [-0.2, -0.15) is 0 Å². The number of hydrogen-bond donors (Lipinski definition) is 4. The lowest BCUT2D eigenvalue weighted by Crippen LogP contribution is -2.71. The average molecular weight is 761 g/mol. The lowest BCUT2D eigenvalue weighted by atomic mass is 9.91. The van der Waals surface area contributed by atoms with Crippen LogP contribution >= 0.6 is 35.0 Å². The van der Waals surface area contributed by atoms with Crippen molar-refractivity contribution in [3.8, 4) is 5.75 Å². The van der Waals surface area contributed by atoms with Crippen LogP contribution in [0.4, 0.5) is 5.69 Å². The number of carbonyl (C=O) groups is 7. The Morgan fingerprint density at radius 1 is 1.18 bits per heavy atom. The van der Waals surface area contributed by atoms with Gasteiger partial charge in [-0.25, -0.2) is 14.6 Å². The Balaban J connectivity index is 1.37. The molecular formula is C32H27Cl2N5O11S. The summed E-state index contributed by atoms with van der Waals surface area (Å²) in [6, 6.07) is 11.3. The number of amides is 3. The molecule has 0 radical (unpaired) electrons. The van der Waals surface area contributed by atoms with Crippen LogP contribution in [0.15, 0.2) is 66.0 Å². The number of aliphatic carboxylic acids is 1. The van der Waals surface area contributed by atoms with Crippen molar-refractivity contribution in [3.63, 3.8) is 0 Å². The number of H-pyrrole nitrogens is 1. The van der Waals surface area contributed by atoms with Crippen LogP contribution in [0, 0.1) is 0 Å². The fourth-order valence-electron chi connectivity index (χ4n) is 5.25. The van der Waals surface area contributed by atoms with Crippen LogP contribution < -0.4 is 15.4 Å². The molecule has 51 heavy (non-hydrogen) atoms. The average Bonchev–Trinajstić information content (AvgIpc) is 3.60. The summed E-state index contributed by atoms with van der Waals surface area (Å²) in [5.74, 6) is -7.72. The van der Waals surface area contributed by atoms with Crippen molar-refractivity contribution in [3.05, 3.63) is 88.6 Å². The fourth-order valence-corrected chi connectivity index (χ4v) is 7.35. The lowest BCUT2D eigenvalue weighted by molar-refractivity contribution is -0.151. The van der Waals surface area contributed by atoms with E-state index in [1.165, 1.54) is 31.4 Å². The van der Waals surface area contributed by atoms with E-state index in [1.807, 2.05) is 0 Å². The van der Waals surface area contributed by atoms with Crippen LogP contribution in [0.3, 0.4) is 0 Å². The fraction of sp³-hybridized carbons (Fsp3) is 0.250. The van der Waals surface area contributed by atoms with Gasteiger partial charge in [0.1, 0.15) is 41.1 Å². The molecule has 1 aromatic heterocycles. The van der Waals surface area contributed by atoms with E-state index in [2.05, 4.69) is 20.6 Å². The highest BCUT2D eigenvalue weighted by Crippen LogP contribution is 2.46. The van der Waals surface area contributed by atoms with E-state index in [9.17, 15) is 38.7 Å². The Labute approximate surface area is 302 Å². The normalized spacial score (nSPS) is 17.3. The molecule has 2 aromatic carbocycles. The van der Waals surface area contributed by atoms with E-state index in [1.54, 1.807) is 24.3 Å². The summed E-state index contributed by atoms with van der Waals surface area (Å²) in [4.78, 5) is 96.2. The van der Waals surface area contributed by atoms with Gasteiger partial charge in [0.25, 0.3) is 10.4 Å². The van der Waals surface area contributed by atoms with Crippen LogP contribution in [-0.2, 0) is 40.1 Å². The van der Waals surface area contributed by atoms with Crippen molar-refractivity contribution in [2.24, 2.45) is 0 Å². The number of hydrogen-bond acceptors (Lipinski definition) is 12. The van der Waals surface area contributed by atoms with Gasteiger partial charge in [-0.1, -0.05) is 47.5 Å². The van der Waals surface area contributed by atoms with Crippen LogP contribution in [0.25, 0.3) is 0 Å².